The van der Waals surface area contributed by atoms with Gasteiger partial charge < -0.3 is 15.0 Å². The number of amides is 2. The number of piperidine rings is 1. The minimum atomic E-state index is -0.534. The van der Waals surface area contributed by atoms with Crippen LogP contribution >= 0.6 is 0 Å². The summed E-state index contributed by atoms with van der Waals surface area (Å²) in [5, 5.41) is 2.88. The third-order valence-corrected chi connectivity index (χ3v) is 4.84. The van der Waals surface area contributed by atoms with Crippen LogP contribution < -0.4 is 10.1 Å². The monoisotopic (exact) mass is 400 g/mol. The molecule has 2 aromatic rings. The molecule has 152 valence electrons. The molecular formula is C22H22F2N2O3. The summed E-state index contributed by atoms with van der Waals surface area (Å²) in [6.07, 6.45) is 4.03. The zero-order chi connectivity index (χ0) is 20.8. The molecule has 2 amide bonds. The first-order chi connectivity index (χ1) is 14.0. The van der Waals surface area contributed by atoms with Gasteiger partial charge in [-0.25, -0.2) is 8.78 Å². The number of likely N-dealkylation sites (tertiary alicyclic amines) is 1. The first-order valence-electron chi connectivity index (χ1n) is 9.34. The fraction of sp³-hybridized carbons (Fsp3) is 0.273. The number of hydrogen-bond donors (Lipinski definition) is 1. The van der Waals surface area contributed by atoms with Crippen molar-refractivity contribution in [3.05, 3.63) is 71.3 Å². The maximum Gasteiger partial charge on any atom is 0.256 e. The number of benzene rings is 2. The van der Waals surface area contributed by atoms with E-state index in [-0.39, 0.29) is 29.2 Å². The van der Waals surface area contributed by atoms with Gasteiger partial charge in [0.2, 0.25) is 5.91 Å². The highest BCUT2D eigenvalue weighted by Gasteiger charge is 2.25. The Labute approximate surface area is 168 Å². The van der Waals surface area contributed by atoms with Gasteiger partial charge in [0.25, 0.3) is 5.91 Å². The molecule has 0 aliphatic carbocycles. The molecule has 29 heavy (non-hydrogen) atoms. The van der Waals surface area contributed by atoms with Crippen molar-refractivity contribution in [1.29, 1.82) is 0 Å². The molecule has 7 heteroatoms. The Morgan fingerprint density at radius 1 is 1.10 bits per heavy atom. The lowest BCUT2D eigenvalue weighted by Gasteiger charge is -2.32. The SMILES string of the molecule is COc1ccc(C=CC(=O)NC2CCN(C(=O)c3ccccc3F)CC2)cc1F. The van der Waals surface area contributed by atoms with Crippen LogP contribution in [0.4, 0.5) is 8.78 Å². The van der Waals surface area contributed by atoms with Gasteiger partial charge >= 0.3 is 0 Å². The number of ether oxygens (including phenoxy) is 1. The van der Waals surface area contributed by atoms with Gasteiger partial charge in [-0.2, -0.15) is 0 Å². The number of carbonyl (C=O) groups excluding carboxylic acids is 2. The largest absolute Gasteiger partial charge is 0.494 e. The van der Waals surface area contributed by atoms with Crippen molar-refractivity contribution in [2.45, 2.75) is 18.9 Å². The van der Waals surface area contributed by atoms with Crippen LogP contribution in [0.25, 0.3) is 6.08 Å². The number of nitrogens with zero attached hydrogens (tertiary/aromatic N) is 1. The van der Waals surface area contributed by atoms with E-state index in [0.29, 0.717) is 31.5 Å². The smallest absolute Gasteiger partial charge is 0.256 e. The Morgan fingerprint density at radius 2 is 1.83 bits per heavy atom. The van der Waals surface area contributed by atoms with Crippen LogP contribution in [0.5, 0.6) is 5.75 Å². The molecule has 0 unspecified atom stereocenters. The van der Waals surface area contributed by atoms with Gasteiger partial charge in [-0.15, -0.1) is 0 Å². The van der Waals surface area contributed by atoms with Gasteiger partial charge in [-0.3, -0.25) is 9.59 Å². The molecule has 0 bridgehead atoms. The van der Waals surface area contributed by atoms with Crippen LogP contribution in [0.15, 0.2) is 48.5 Å². The maximum absolute atomic E-state index is 13.8. The van der Waals surface area contributed by atoms with Crippen molar-refractivity contribution in [1.82, 2.24) is 10.2 Å². The highest BCUT2D eigenvalue weighted by molar-refractivity contribution is 5.94. The molecule has 2 aromatic carbocycles. The van der Waals surface area contributed by atoms with E-state index in [4.69, 9.17) is 4.74 Å². The van der Waals surface area contributed by atoms with E-state index < -0.39 is 11.6 Å². The minimum Gasteiger partial charge on any atom is -0.494 e. The van der Waals surface area contributed by atoms with E-state index in [2.05, 4.69) is 5.32 Å². The van der Waals surface area contributed by atoms with Gasteiger partial charge in [0.05, 0.1) is 12.7 Å². The molecule has 0 spiro atoms. The molecule has 1 heterocycles. The first-order valence-corrected chi connectivity index (χ1v) is 9.34. The molecule has 1 aliphatic heterocycles. The van der Waals surface area contributed by atoms with Crippen molar-refractivity contribution in [3.63, 3.8) is 0 Å². The molecular weight excluding hydrogens is 378 g/mol. The maximum atomic E-state index is 13.8. The third-order valence-electron chi connectivity index (χ3n) is 4.84. The predicted molar refractivity (Wildman–Crippen MR) is 105 cm³/mol. The van der Waals surface area contributed by atoms with Gasteiger partial charge in [-0.05, 0) is 48.7 Å². The highest BCUT2D eigenvalue weighted by atomic mass is 19.1. The summed E-state index contributed by atoms with van der Waals surface area (Å²) >= 11 is 0. The highest BCUT2D eigenvalue weighted by Crippen LogP contribution is 2.19. The fourth-order valence-electron chi connectivity index (χ4n) is 3.24. The molecule has 5 nitrogen and oxygen atoms in total. The Bertz CT molecular complexity index is 922. The van der Waals surface area contributed by atoms with E-state index in [1.807, 2.05) is 0 Å². The summed E-state index contributed by atoms with van der Waals surface area (Å²) in [6, 6.07) is 10.3. The Kier molecular flexibility index (Phi) is 6.59. The van der Waals surface area contributed by atoms with Gasteiger partial charge in [-0.1, -0.05) is 18.2 Å². The average Bonchev–Trinajstić information content (AvgIpc) is 2.73. The van der Waals surface area contributed by atoms with Crippen LogP contribution in [0.2, 0.25) is 0 Å². The summed E-state index contributed by atoms with van der Waals surface area (Å²) in [4.78, 5) is 26.2. The van der Waals surface area contributed by atoms with Crippen molar-refractivity contribution >= 4 is 17.9 Å². The molecule has 0 aromatic heterocycles. The van der Waals surface area contributed by atoms with Crippen LogP contribution in [-0.4, -0.2) is 43.0 Å². The minimum absolute atomic E-state index is 0.0599. The second kappa shape index (κ2) is 9.32. The second-order valence-electron chi connectivity index (χ2n) is 6.78. The molecule has 1 fully saturated rings. The van der Waals surface area contributed by atoms with Crippen molar-refractivity contribution in [2.24, 2.45) is 0 Å². The summed E-state index contributed by atoms with van der Waals surface area (Å²) < 4.78 is 32.3. The molecule has 1 N–H and O–H groups in total. The van der Waals surface area contributed by atoms with E-state index in [0.717, 1.165) is 0 Å². The molecule has 0 atom stereocenters. The lowest BCUT2D eigenvalue weighted by atomic mass is 10.0. The second-order valence-corrected chi connectivity index (χ2v) is 6.78. The predicted octanol–water partition coefficient (Wildman–Crippen LogP) is 3.41. The Balaban J connectivity index is 1.50. The molecule has 1 saturated heterocycles. The van der Waals surface area contributed by atoms with Crippen LogP contribution in [0, 0.1) is 11.6 Å². The van der Waals surface area contributed by atoms with Crippen LogP contribution in [-0.2, 0) is 4.79 Å². The fourth-order valence-corrected chi connectivity index (χ4v) is 3.24. The summed E-state index contributed by atoms with van der Waals surface area (Å²) in [6.45, 7) is 0.872. The normalized spacial score (nSPS) is 14.8. The van der Waals surface area contributed by atoms with E-state index >= 15 is 0 Å². The standard InChI is InChI=1S/C22H22F2N2O3/c1-29-20-8-6-15(14-19(20)24)7-9-21(27)25-16-10-12-26(13-11-16)22(28)17-4-2-3-5-18(17)23/h2-9,14,16H,10-13H2,1H3,(H,25,27). The van der Waals surface area contributed by atoms with Crippen molar-refractivity contribution in [2.75, 3.05) is 20.2 Å². The quantitative estimate of drug-likeness (QED) is 0.783. The molecule has 0 radical (unpaired) electrons. The van der Waals surface area contributed by atoms with E-state index in [9.17, 15) is 18.4 Å². The number of rotatable bonds is 5. The third kappa shape index (κ3) is 5.19. The van der Waals surface area contributed by atoms with E-state index in [1.54, 1.807) is 23.1 Å². The van der Waals surface area contributed by atoms with E-state index in [1.165, 1.54) is 43.5 Å². The zero-order valence-electron chi connectivity index (χ0n) is 16.0. The number of carbonyl (C=O) groups is 2. The van der Waals surface area contributed by atoms with Gasteiger partial charge in [0.1, 0.15) is 5.82 Å². The molecule has 0 saturated carbocycles. The zero-order valence-corrected chi connectivity index (χ0v) is 16.0. The molecule has 1 aliphatic rings. The lowest BCUT2D eigenvalue weighted by molar-refractivity contribution is -0.117. The van der Waals surface area contributed by atoms with Crippen molar-refractivity contribution < 1.29 is 23.1 Å². The number of halogens is 2. The lowest BCUT2D eigenvalue weighted by Crippen LogP contribution is -2.46. The number of hydrogen-bond acceptors (Lipinski definition) is 3. The van der Waals surface area contributed by atoms with Crippen molar-refractivity contribution in [3.8, 4) is 5.75 Å². The van der Waals surface area contributed by atoms with Gasteiger partial charge in [0.15, 0.2) is 11.6 Å². The average molecular weight is 400 g/mol. The summed E-state index contributed by atoms with van der Waals surface area (Å²) in [5.41, 5.74) is 0.605. The Hall–Kier alpha value is -3.22. The number of methoxy groups -OCH3 is 1. The topological polar surface area (TPSA) is 58.6 Å². The number of nitrogens with one attached hydrogen (secondary N) is 1. The van der Waals surface area contributed by atoms with Gasteiger partial charge in [0, 0.05) is 25.2 Å². The van der Waals surface area contributed by atoms with Crippen LogP contribution in [0.3, 0.4) is 0 Å². The first kappa shape index (κ1) is 20.5. The van der Waals surface area contributed by atoms with Crippen LogP contribution in [0.1, 0.15) is 28.8 Å². The Morgan fingerprint density at radius 3 is 2.48 bits per heavy atom. The summed E-state index contributed by atoms with van der Waals surface area (Å²) in [7, 11) is 1.39. The summed E-state index contributed by atoms with van der Waals surface area (Å²) in [5.74, 6) is -1.52. The molecule has 3 rings (SSSR count).